The topological polar surface area (TPSA) is 71.1 Å². The van der Waals surface area contributed by atoms with Gasteiger partial charge in [0.25, 0.3) is 5.91 Å². The lowest BCUT2D eigenvalue weighted by Gasteiger charge is -2.08. The Morgan fingerprint density at radius 2 is 1.64 bits per heavy atom. The van der Waals surface area contributed by atoms with Crippen molar-refractivity contribution < 1.29 is 22.8 Å². The molecule has 2 N–H and O–H groups in total. The number of nitrogens with one attached hydrogen (secondary N) is 2. The predicted molar refractivity (Wildman–Crippen MR) is 75.8 cm³/mol. The number of halogens is 3. The third-order valence-electron chi connectivity index (χ3n) is 2.51. The second-order valence-corrected chi connectivity index (χ2v) is 5.10. The second-order valence-electron chi connectivity index (χ2n) is 4.24. The summed E-state index contributed by atoms with van der Waals surface area (Å²) in [5.41, 5.74) is 0.585. The van der Waals surface area contributed by atoms with Crippen molar-refractivity contribution in [1.82, 2.24) is 4.98 Å². The number of hydrogen-bond acceptors (Lipinski definition) is 4. The fourth-order valence-corrected chi connectivity index (χ4v) is 2.34. The minimum atomic E-state index is -4.68. The lowest BCUT2D eigenvalue weighted by atomic mass is 10.2. The number of hydrogen-bond donors (Lipinski definition) is 2. The first kappa shape index (κ1) is 16.0. The molecule has 0 radical (unpaired) electrons. The monoisotopic (exact) mass is 329 g/mol. The number of thiazole rings is 1. The molecule has 0 aliphatic heterocycles. The van der Waals surface area contributed by atoms with E-state index < -0.39 is 22.7 Å². The van der Waals surface area contributed by atoms with Crippen molar-refractivity contribution in [2.45, 2.75) is 13.1 Å². The molecule has 0 spiro atoms. The van der Waals surface area contributed by atoms with Gasteiger partial charge in [0.15, 0.2) is 5.69 Å². The molecular weight excluding hydrogens is 319 g/mol. The SMILES string of the molecule is CC(=O)Nc1ccc(NC(=O)c2scnc2C(F)(F)F)cc1. The Hall–Kier alpha value is -2.42. The molecule has 0 saturated heterocycles. The van der Waals surface area contributed by atoms with E-state index in [0.29, 0.717) is 22.7 Å². The molecule has 0 saturated carbocycles. The van der Waals surface area contributed by atoms with Gasteiger partial charge < -0.3 is 10.6 Å². The summed E-state index contributed by atoms with van der Waals surface area (Å²) in [7, 11) is 0. The van der Waals surface area contributed by atoms with Crippen LogP contribution in [0.5, 0.6) is 0 Å². The van der Waals surface area contributed by atoms with Gasteiger partial charge in [0.1, 0.15) is 4.88 Å². The highest BCUT2D eigenvalue weighted by molar-refractivity contribution is 7.12. The molecule has 0 aliphatic carbocycles. The summed E-state index contributed by atoms with van der Waals surface area (Å²) in [5, 5.41) is 4.89. The van der Waals surface area contributed by atoms with E-state index in [1.165, 1.54) is 31.2 Å². The largest absolute Gasteiger partial charge is 0.434 e. The molecule has 1 aromatic heterocycles. The van der Waals surface area contributed by atoms with Crippen molar-refractivity contribution in [3.63, 3.8) is 0 Å². The average molecular weight is 329 g/mol. The quantitative estimate of drug-likeness (QED) is 0.907. The van der Waals surface area contributed by atoms with Crippen LogP contribution in [0, 0.1) is 0 Å². The van der Waals surface area contributed by atoms with Crippen molar-refractivity contribution in [3.05, 3.63) is 40.3 Å². The van der Waals surface area contributed by atoms with Crippen molar-refractivity contribution in [1.29, 1.82) is 0 Å². The van der Waals surface area contributed by atoms with Gasteiger partial charge in [-0.2, -0.15) is 13.2 Å². The summed E-state index contributed by atoms with van der Waals surface area (Å²) in [4.78, 5) is 25.4. The third-order valence-corrected chi connectivity index (χ3v) is 3.33. The van der Waals surface area contributed by atoms with Crippen LogP contribution in [0.4, 0.5) is 24.5 Å². The highest BCUT2D eigenvalue weighted by Gasteiger charge is 2.38. The standard InChI is InChI=1S/C13H10F3N3O2S/c1-7(20)18-8-2-4-9(5-3-8)19-12(21)10-11(13(14,15)16)17-6-22-10/h2-6H,1H3,(H,18,20)(H,19,21). The molecule has 22 heavy (non-hydrogen) atoms. The molecule has 0 bridgehead atoms. The van der Waals surface area contributed by atoms with Crippen molar-refractivity contribution in [3.8, 4) is 0 Å². The summed E-state index contributed by atoms with van der Waals surface area (Å²) in [6.07, 6.45) is -4.68. The summed E-state index contributed by atoms with van der Waals surface area (Å²) >= 11 is 0.615. The van der Waals surface area contributed by atoms with E-state index in [-0.39, 0.29) is 5.91 Å². The summed E-state index contributed by atoms with van der Waals surface area (Å²) in [6.45, 7) is 1.35. The molecule has 2 aromatic rings. The first-order valence-electron chi connectivity index (χ1n) is 5.97. The molecule has 2 rings (SSSR count). The van der Waals surface area contributed by atoms with Gasteiger partial charge in [-0.1, -0.05) is 0 Å². The number of aromatic nitrogens is 1. The van der Waals surface area contributed by atoms with Gasteiger partial charge >= 0.3 is 6.18 Å². The summed E-state index contributed by atoms with van der Waals surface area (Å²) in [5.74, 6) is -1.14. The molecule has 1 heterocycles. The summed E-state index contributed by atoms with van der Waals surface area (Å²) in [6, 6.07) is 5.98. The first-order valence-corrected chi connectivity index (χ1v) is 6.85. The van der Waals surface area contributed by atoms with E-state index in [4.69, 9.17) is 0 Å². The van der Waals surface area contributed by atoms with Crippen LogP contribution in [0.25, 0.3) is 0 Å². The van der Waals surface area contributed by atoms with Crippen LogP contribution in [-0.2, 0) is 11.0 Å². The predicted octanol–water partition coefficient (Wildman–Crippen LogP) is 3.37. The van der Waals surface area contributed by atoms with Crippen LogP contribution in [-0.4, -0.2) is 16.8 Å². The van der Waals surface area contributed by atoms with E-state index in [1.54, 1.807) is 0 Å². The van der Waals surface area contributed by atoms with Gasteiger partial charge in [-0.25, -0.2) is 4.98 Å². The number of nitrogens with zero attached hydrogens (tertiary/aromatic N) is 1. The number of alkyl halides is 3. The molecule has 116 valence electrons. The minimum absolute atomic E-state index is 0.253. The molecule has 0 fully saturated rings. The molecule has 1 aromatic carbocycles. The van der Waals surface area contributed by atoms with Crippen molar-refractivity contribution in [2.24, 2.45) is 0 Å². The van der Waals surface area contributed by atoms with Gasteiger partial charge in [-0.15, -0.1) is 11.3 Å². The van der Waals surface area contributed by atoms with Gasteiger partial charge in [0.05, 0.1) is 5.51 Å². The Balaban J connectivity index is 2.13. The number of carbonyl (C=O) groups is 2. The zero-order valence-corrected chi connectivity index (χ0v) is 12.0. The molecule has 0 atom stereocenters. The van der Waals surface area contributed by atoms with Gasteiger partial charge in [-0.3, -0.25) is 9.59 Å². The van der Waals surface area contributed by atoms with Crippen LogP contribution >= 0.6 is 11.3 Å². The zero-order chi connectivity index (χ0) is 16.3. The van der Waals surface area contributed by atoms with E-state index in [2.05, 4.69) is 15.6 Å². The second kappa shape index (κ2) is 6.14. The Bertz CT molecular complexity index is 695. The Morgan fingerprint density at radius 1 is 1.09 bits per heavy atom. The van der Waals surface area contributed by atoms with E-state index in [0.717, 1.165) is 5.51 Å². The highest BCUT2D eigenvalue weighted by Crippen LogP contribution is 2.33. The molecule has 5 nitrogen and oxygen atoms in total. The lowest BCUT2D eigenvalue weighted by molar-refractivity contribution is -0.141. The number of benzene rings is 1. The van der Waals surface area contributed by atoms with E-state index >= 15 is 0 Å². The van der Waals surface area contributed by atoms with Gasteiger partial charge in [0, 0.05) is 18.3 Å². The summed E-state index contributed by atoms with van der Waals surface area (Å²) < 4.78 is 38.0. The van der Waals surface area contributed by atoms with Gasteiger partial charge in [0.2, 0.25) is 5.91 Å². The molecule has 2 amide bonds. The molecule has 0 unspecified atom stereocenters. The number of rotatable bonds is 3. The van der Waals surface area contributed by atoms with Crippen molar-refractivity contribution >= 4 is 34.5 Å². The van der Waals surface area contributed by atoms with Crippen molar-refractivity contribution in [2.75, 3.05) is 10.6 Å². The Morgan fingerprint density at radius 3 is 2.14 bits per heavy atom. The maximum Gasteiger partial charge on any atom is 0.434 e. The smallest absolute Gasteiger partial charge is 0.326 e. The van der Waals surface area contributed by atoms with E-state index in [1.807, 2.05) is 0 Å². The highest BCUT2D eigenvalue weighted by atomic mass is 32.1. The Labute approximate surface area is 127 Å². The van der Waals surface area contributed by atoms with E-state index in [9.17, 15) is 22.8 Å². The number of amides is 2. The molecular formula is C13H10F3N3O2S. The first-order chi connectivity index (χ1) is 10.3. The van der Waals surface area contributed by atoms with Crippen LogP contribution < -0.4 is 10.6 Å². The molecule has 0 aliphatic rings. The fourth-order valence-electron chi connectivity index (χ4n) is 1.64. The van der Waals surface area contributed by atoms with Crippen LogP contribution in [0.1, 0.15) is 22.3 Å². The number of anilines is 2. The van der Waals surface area contributed by atoms with Gasteiger partial charge in [-0.05, 0) is 24.3 Å². The Kier molecular flexibility index (Phi) is 4.45. The average Bonchev–Trinajstić information content (AvgIpc) is 2.89. The maximum atomic E-state index is 12.7. The maximum absolute atomic E-state index is 12.7. The normalized spacial score (nSPS) is 11.1. The van der Waals surface area contributed by atoms with Crippen LogP contribution in [0.3, 0.4) is 0 Å². The molecule has 9 heteroatoms. The third kappa shape index (κ3) is 3.82. The lowest BCUT2D eigenvalue weighted by Crippen LogP contribution is -2.17. The minimum Gasteiger partial charge on any atom is -0.326 e. The fraction of sp³-hybridized carbons (Fsp3) is 0.154. The number of carbonyl (C=O) groups excluding carboxylic acids is 2. The van der Waals surface area contributed by atoms with Crippen LogP contribution in [0.2, 0.25) is 0 Å². The zero-order valence-electron chi connectivity index (χ0n) is 11.2. The van der Waals surface area contributed by atoms with Crippen LogP contribution in [0.15, 0.2) is 29.8 Å².